The van der Waals surface area contributed by atoms with Crippen molar-refractivity contribution in [1.29, 1.82) is 0 Å². The minimum absolute atomic E-state index is 0.320. The van der Waals surface area contributed by atoms with Crippen molar-refractivity contribution in [1.82, 2.24) is 10.2 Å². The molecule has 0 fully saturated rings. The first-order valence-corrected chi connectivity index (χ1v) is 9.67. The van der Waals surface area contributed by atoms with Gasteiger partial charge in [0, 0.05) is 16.9 Å². The molecule has 0 saturated carbocycles. The number of nitrogens with zero attached hydrogens (tertiary/aromatic N) is 2. The number of hydrogen-bond donors (Lipinski definition) is 2. The average molecular weight is 405 g/mol. The van der Waals surface area contributed by atoms with E-state index < -0.39 is 0 Å². The highest BCUT2D eigenvalue weighted by atomic mass is 35.5. The smallest absolute Gasteiger partial charge is 0.184 e. The maximum atomic E-state index is 14.3. The Morgan fingerprint density at radius 2 is 2.07 bits per heavy atom. The van der Waals surface area contributed by atoms with Gasteiger partial charge >= 0.3 is 0 Å². The number of anilines is 1. The first kappa shape index (κ1) is 19.3. The van der Waals surface area contributed by atoms with Crippen LogP contribution in [0.5, 0.6) is 5.75 Å². The predicted molar refractivity (Wildman–Crippen MR) is 111 cm³/mol. The van der Waals surface area contributed by atoms with Crippen LogP contribution < -0.4 is 10.1 Å². The van der Waals surface area contributed by atoms with Crippen LogP contribution >= 0.6 is 23.4 Å². The summed E-state index contributed by atoms with van der Waals surface area (Å²) in [7, 11) is 1.56. The molecule has 2 aromatic carbocycles. The van der Waals surface area contributed by atoms with Gasteiger partial charge in [0.25, 0.3) is 0 Å². The summed E-state index contributed by atoms with van der Waals surface area (Å²) in [5.74, 6) is 0.683. The van der Waals surface area contributed by atoms with E-state index in [9.17, 15) is 4.39 Å². The van der Waals surface area contributed by atoms with Gasteiger partial charge in [-0.3, -0.25) is 5.10 Å². The summed E-state index contributed by atoms with van der Waals surface area (Å²) in [5.41, 5.74) is 2.59. The van der Waals surface area contributed by atoms with Gasteiger partial charge in [-0.2, -0.15) is 5.10 Å². The highest BCUT2D eigenvalue weighted by Gasteiger charge is 2.16. The Balaban J connectivity index is 1.95. The largest absolute Gasteiger partial charge is 0.495 e. The van der Waals surface area contributed by atoms with Gasteiger partial charge in [-0.25, -0.2) is 9.38 Å². The SMILES string of the molecule is COc1ccc(NC(=Nc2n[nH]c(C)c2-c2ccccc2F)SC)cc1Cl. The third-order valence-corrected chi connectivity index (χ3v) is 4.75. The van der Waals surface area contributed by atoms with E-state index in [4.69, 9.17) is 16.3 Å². The molecule has 27 heavy (non-hydrogen) atoms. The molecule has 1 heterocycles. The Labute approximate surface area is 166 Å². The highest BCUT2D eigenvalue weighted by Crippen LogP contribution is 2.34. The fourth-order valence-corrected chi connectivity index (χ4v) is 3.23. The number of thioether (sulfide) groups is 1. The van der Waals surface area contributed by atoms with Gasteiger partial charge in [0.2, 0.25) is 0 Å². The molecule has 3 aromatic rings. The Morgan fingerprint density at radius 3 is 2.74 bits per heavy atom. The topological polar surface area (TPSA) is 62.3 Å². The quantitative estimate of drug-likeness (QED) is 0.435. The van der Waals surface area contributed by atoms with Crippen molar-refractivity contribution in [2.75, 3.05) is 18.7 Å². The number of aromatic amines is 1. The Bertz CT molecular complexity index is 990. The van der Waals surface area contributed by atoms with E-state index in [1.54, 1.807) is 37.4 Å². The third kappa shape index (κ3) is 4.26. The molecule has 0 saturated heterocycles. The van der Waals surface area contributed by atoms with Crippen LogP contribution in [0, 0.1) is 12.7 Å². The van der Waals surface area contributed by atoms with Gasteiger partial charge < -0.3 is 10.1 Å². The maximum absolute atomic E-state index is 14.3. The van der Waals surface area contributed by atoms with Crippen molar-refractivity contribution < 1.29 is 9.13 Å². The zero-order chi connectivity index (χ0) is 19.4. The van der Waals surface area contributed by atoms with E-state index in [0.29, 0.717) is 32.9 Å². The van der Waals surface area contributed by atoms with Crippen LogP contribution in [0.15, 0.2) is 47.5 Å². The molecule has 0 spiro atoms. The van der Waals surface area contributed by atoms with E-state index in [2.05, 4.69) is 20.5 Å². The van der Waals surface area contributed by atoms with Crippen LogP contribution in [0.1, 0.15) is 5.69 Å². The summed E-state index contributed by atoms with van der Waals surface area (Å²) in [6.07, 6.45) is 1.89. The Kier molecular flexibility index (Phi) is 6.03. The predicted octanol–water partition coefficient (Wildman–Crippen LogP) is 5.65. The second kappa shape index (κ2) is 8.45. The van der Waals surface area contributed by atoms with Gasteiger partial charge in [0.1, 0.15) is 11.6 Å². The molecular formula is C19H18ClFN4OS. The summed E-state index contributed by atoms with van der Waals surface area (Å²) in [4.78, 5) is 4.57. The van der Waals surface area contributed by atoms with E-state index in [1.807, 2.05) is 19.2 Å². The number of rotatable bonds is 4. The number of H-pyrrole nitrogens is 1. The molecule has 140 valence electrons. The minimum Gasteiger partial charge on any atom is -0.495 e. The van der Waals surface area contributed by atoms with E-state index >= 15 is 0 Å². The van der Waals surface area contributed by atoms with Gasteiger partial charge in [-0.05, 0) is 37.4 Å². The highest BCUT2D eigenvalue weighted by molar-refractivity contribution is 8.13. The molecular weight excluding hydrogens is 387 g/mol. The summed E-state index contributed by atoms with van der Waals surface area (Å²) in [6, 6.07) is 11.9. The number of benzene rings is 2. The molecule has 0 aliphatic rings. The fourth-order valence-electron chi connectivity index (χ4n) is 2.57. The van der Waals surface area contributed by atoms with Gasteiger partial charge in [0.05, 0.1) is 17.7 Å². The van der Waals surface area contributed by atoms with E-state index in [0.717, 1.165) is 11.4 Å². The number of aliphatic imine (C=N–C) groups is 1. The number of aryl methyl sites for hydroxylation is 1. The van der Waals surface area contributed by atoms with Crippen LogP contribution in [0.3, 0.4) is 0 Å². The first-order valence-electron chi connectivity index (χ1n) is 8.06. The van der Waals surface area contributed by atoms with Crippen LogP contribution in [-0.4, -0.2) is 28.7 Å². The van der Waals surface area contributed by atoms with Crippen LogP contribution in [0.2, 0.25) is 5.02 Å². The van der Waals surface area contributed by atoms with Crippen molar-refractivity contribution >= 4 is 40.0 Å². The number of nitrogens with one attached hydrogen (secondary N) is 2. The average Bonchev–Trinajstić information content (AvgIpc) is 3.02. The molecule has 3 rings (SSSR count). The number of amidine groups is 1. The van der Waals surface area contributed by atoms with Crippen molar-refractivity contribution in [2.24, 2.45) is 4.99 Å². The van der Waals surface area contributed by atoms with Crippen LogP contribution in [-0.2, 0) is 0 Å². The summed E-state index contributed by atoms with van der Waals surface area (Å²) in [6.45, 7) is 1.84. The molecule has 0 unspecified atom stereocenters. The normalized spacial score (nSPS) is 11.5. The molecule has 0 aliphatic heterocycles. The van der Waals surface area contributed by atoms with E-state index in [-0.39, 0.29) is 5.82 Å². The van der Waals surface area contributed by atoms with Crippen molar-refractivity contribution in [2.45, 2.75) is 6.92 Å². The zero-order valence-corrected chi connectivity index (χ0v) is 16.6. The standard InChI is InChI=1S/C19H18ClFN4OS/c1-11-17(13-6-4-5-7-15(13)21)18(25-24-11)23-19(27-3)22-12-8-9-16(26-2)14(20)10-12/h4-10H,1-3H3,(H2,22,23,24,25). The maximum Gasteiger partial charge on any atom is 0.184 e. The first-order chi connectivity index (χ1) is 13.0. The van der Waals surface area contributed by atoms with Gasteiger partial charge in [-0.1, -0.05) is 41.6 Å². The lowest BCUT2D eigenvalue weighted by atomic mass is 10.1. The summed E-state index contributed by atoms with van der Waals surface area (Å²) >= 11 is 7.58. The summed E-state index contributed by atoms with van der Waals surface area (Å²) < 4.78 is 19.4. The molecule has 0 amide bonds. The van der Waals surface area contributed by atoms with Crippen molar-refractivity contribution in [3.8, 4) is 16.9 Å². The monoisotopic (exact) mass is 404 g/mol. The van der Waals surface area contributed by atoms with Gasteiger partial charge in [0.15, 0.2) is 11.0 Å². The lowest BCUT2D eigenvalue weighted by Crippen LogP contribution is -2.07. The molecule has 1 aromatic heterocycles. The second-order valence-corrected chi connectivity index (χ2v) is 6.82. The van der Waals surface area contributed by atoms with Crippen molar-refractivity contribution in [3.05, 3.63) is 59.0 Å². The van der Waals surface area contributed by atoms with Crippen molar-refractivity contribution in [3.63, 3.8) is 0 Å². The third-order valence-electron chi connectivity index (χ3n) is 3.88. The number of ether oxygens (including phenoxy) is 1. The Hall–Kier alpha value is -2.51. The Morgan fingerprint density at radius 1 is 1.30 bits per heavy atom. The molecule has 5 nitrogen and oxygen atoms in total. The lowest BCUT2D eigenvalue weighted by molar-refractivity contribution is 0.415. The summed E-state index contributed by atoms with van der Waals surface area (Å²) in [5, 5.41) is 11.4. The van der Waals surface area contributed by atoms with Gasteiger partial charge in [-0.15, -0.1) is 0 Å². The van der Waals surface area contributed by atoms with Crippen LogP contribution in [0.4, 0.5) is 15.9 Å². The minimum atomic E-state index is -0.320. The van der Waals surface area contributed by atoms with E-state index in [1.165, 1.54) is 17.8 Å². The molecule has 0 aliphatic carbocycles. The number of halogens is 2. The second-order valence-electron chi connectivity index (χ2n) is 5.62. The molecule has 0 atom stereocenters. The van der Waals surface area contributed by atoms with Crippen LogP contribution in [0.25, 0.3) is 11.1 Å². The fraction of sp³-hybridized carbons (Fsp3) is 0.158. The number of methoxy groups -OCH3 is 1. The molecule has 0 radical (unpaired) electrons. The molecule has 0 bridgehead atoms. The molecule has 2 N–H and O–H groups in total. The molecule has 8 heteroatoms. The number of aromatic nitrogens is 2. The lowest BCUT2D eigenvalue weighted by Gasteiger charge is -2.10. The zero-order valence-electron chi connectivity index (χ0n) is 15.0. The number of hydrogen-bond acceptors (Lipinski definition) is 4.